The summed E-state index contributed by atoms with van der Waals surface area (Å²) in [4.78, 5) is 4.18. The monoisotopic (exact) mass is 276 g/mol. The molecule has 0 amide bonds. The van der Waals surface area contributed by atoms with Crippen LogP contribution in [0.4, 0.5) is 0 Å². The van der Waals surface area contributed by atoms with Gasteiger partial charge in [0.25, 0.3) is 0 Å². The summed E-state index contributed by atoms with van der Waals surface area (Å²) in [7, 11) is 3.64. The second-order valence-corrected chi connectivity index (χ2v) is 4.60. The van der Waals surface area contributed by atoms with Gasteiger partial charge in [-0.05, 0) is 13.8 Å². The summed E-state index contributed by atoms with van der Waals surface area (Å²) in [5.74, 6) is 1.56. The van der Waals surface area contributed by atoms with Crippen molar-refractivity contribution in [3.8, 4) is 0 Å². The SMILES string of the molecule is CN=C(NCc1cnn(C)c1)NCc1c(C)noc1C. The molecule has 2 rings (SSSR count). The normalized spacial score (nSPS) is 11.7. The van der Waals surface area contributed by atoms with Gasteiger partial charge in [0.1, 0.15) is 5.76 Å². The molecule has 0 saturated carbocycles. The van der Waals surface area contributed by atoms with Gasteiger partial charge in [0.2, 0.25) is 0 Å². The van der Waals surface area contributed by atoms with E-state index < -0.39 is 0 Å². The van der Waals surface area contributed by atoms with Gasteiger partial charge in [0.15, 0.2) is 5.96 Å². The fourth-order valence-corrected chi connectivity index (χ4v) is 1.90. The van der Waals surface area contributed by atoms with Gasteiger partial charge in [0, 0.05) is 44.5 Å². The predicted octanol–water partition coefficient (Wildman–Crippen LogP) is 0.890. The number of hydrogen-bond donors (Lipinski definition) is 2. The first-order valence-electron chi connectivity index (χ1n) is 6.44. The number of hydrogen-bond acceptors (Lipinski definition) is 4. The van der Waals surface area contributed by atoms with E-state index >= 15 is 0 Å². The molecule has 20 heavy (non-hydrogen) atoms. The number of aromatic nitrogens is 3. The molecule has 7 heteroatoms. The molecule has 7 nitrogen and oxygen atoms in total. The van der Waals surface area contributed by atoms with Gasteiger partial charge in [-0.3, -0.25) is 9.67 Å². The summed E-state index contributed by atoms with van der Waals surface area (Å²) < 4.78 is 6.91. The van der Waals surface area contributed by atoms with Crippen molar-refractivity contribution in [2.75, 3.05) is 7.05 Å². The van der Waals surface area contributed by atoms with Gasteiger partial charge in [-0.2, -0.15) is 5.10 Å². The summed E-state index contributed by atoms with van der Waals surface area (Å²) >= 11 is 0. The maximum atomic E-state index is 5.13. The summed E-state index contributed by atoms with van der Waals surface area (Å²) in [5, 5.41) is 14.5. The Balaban J connectivity index is 1.87. The Kier molecular flexibility index (Phi) is 4.39. The van der Waals surface area contributed by atoms with E-state index in [0.717, 1.165) is 28.5 Å². The van der Waals surface area contributed by atoms with E-state index in [1.165, 1.54) is 0 Å². The van der Waals surface area contributed by atoms with E-state index in [0.29, 0.717) is 13.1 Å². The lowest BCUT2D eigenvalue weighted by Gasteiger charge is -2.10. The van der Waals surface area contributed by atoms with Crippen molar-refractivity contribution in [2.24, 2.45) is 12.0 Å². The molecule has 108 valence electrons. The molecule has 0 aliphatic carbocycles. The lowest BCUT2D eigenvalue weighted by atomic mass is 10.2. The Morgan fingerprint density at radius 3 is 2.65 bits per heavy atom. The van der Waals surface area contributed by atoms with Gasteiger partial charge in [0.05, 0.1) is 11.9 Å². The fourth-order valence-electron chi connectivity index (χ4n) is 1.90. The van der Waals surface area contributed by atoms with Gasteiger partial charge in [-0.25, -0.2) is 0 Å². The maximum absolute atomic E-state index is 5.13. The zero-order valence-electron chi connectivity index (χ0n) is 12.3. The minimum atomic E-state index is 0.633. The zero-order valence-corrected chi connectivity index (χ0v) is 12.3. The molecule has 0 saturated heterocycles. The highest BCUT2D eigenvalue weighted by Gasteiger charge is 2.09. The molecular formula is C13H20N6O. The van der Waals surface area contributed by atoms with Crippen LogP contribution in [0.15, 0.2) is 21.9 Å². The van der Waals surface area contributed by atoms with E-state index in [-0.39, 0.29) is 0 Å². The van der Waals surface area contributed by atoms with Crippen molar-refractivity contribution in [3.63, 3.8) is 0 Å². The molecule has 0 atom stereocenters. The van der Waals surface area contributed by atoms with Crippen molar-refractivity contribution >= 4 is 5.96 Å². The van der Waals surface area contributed by atoms with Gasteiger partial charge in [-0.15, -0.1) is 0 Å². The largest absolute Gasteiger partial charge is 0.361 e. The standard InChI is InChI=1S/C13H20N6O/c1-9-12(10(2)20-18-9)7-16-13(14-3)15-5-11-6-17-19(4)8-11/h6,8H,5,7H2,1-4H3,(H2,14,15,16). The lowest BCUT2D eigenvalue weighted by Crippen LogP contribution is -2.36. The molecule has 2 aromatic heterocycles. The molecule has 0 spiro atoms. The van der Waals surface area contributed by atoms with Crippen molar-refractivity contribution in [1.29, 1.82) is 0 Å². The van der Waals surface area contributed by atoms with Crippen LogP contribution in [0.3, 0.4) is 0 Å². The van der Waals surface area contributed by atoms with Crippen molar-refractivity contribution < 1.29 is 4.52 Å². The van der Waals surface area contributed by atoms with Crippen LogP contribution in [0.5, 0.6) is 0 Å². The number of guanidine groups is 1. The molecule has 0 radical (unpaired) electrons. The molecule has 0 aromatic carbocycles. The highest BCUT2D eigenvalue weighted by molar-refractivity contribution is 5.79. The molecule has 0 unspecified atom stereocenters. The number of nitrogens with one attached hydrogen (secondary N) is 2. The van der Waals surface area contributed by atoms with E-state index in [9.17, 15) is 0 Å². The average Bonchev–Trinajstić information content (AvgIpc) is 2.98. The van der Waals surface area contributed by atoms with E-state index in [4.69, 9.17) is 4.52 Å². The van der Waals surface area contributed by atoms with Crippen LogP contribution in [0, 0.1) is 13.8 Å². The second kappa shape index (κ2) is 6.23. The lowest BCUT2D eigenvalue weighted by molar-refractivity contribution is 0.392. The van der Waals surface area contributed by atoms with Crippen LogP contribution < -0.4 is 10.6 Å². The second-order valence-electron chi connectivity index (χ2n) is 4.60. The fraction of sp³-hybridized carbons (Fsp3) is 0.462. The van der Waals surface area contributed by atoms with Gasteiger partial charge in [-0.1, -0.05) is 5.16 Å². The van der Waals surface area contributed by atoms with Crippen LogP contribution in [-0.4, -0.2) is 27.9 Å². The third-order valence-corrected chi connectivity index (χ3v) is 3.06. The number of nitrogens with zero attached hydrogens (tertiary/aromatic N) is 4. The topological polar surface area (TPSA) is 80.3 Å². The molecule has 0 fully saturated rings. The van der Waals surface area contributed by atoms with E-state index in [1.54, 1.807) is 11.7 Å². The Bertz CT molecular complexity index is 578. The van der Waals surface area contributed by atoms with Crippen LogP contribution in [0.2, 0.25) is 0 Å². The predicted molar refractivity (Wildman–Crippen MR) is 76.2 cm³/mol. The Morgan fingerprint density at radius 1 is 1.35 bits per heavy atom. The summed E-state index contributed by atoms with van der Waals surface area (Å²) in [6.07, 6.45) is 3.79. The van der Waals surface area contributed by atoms with E-state index in [2.05, 4.69) is 25.9 Å². The quantitative estimate of drug-likeness (QED) is 0.640. The minimum absolute atomic E-state index is 0.633. The first-order valence-corrected chi connectivity index (χ1v) is 6.44. The molecule has 2 heterocycles. The summed E-state index contributed by atoms with van der Waals surface area (Å²) in [6, 6.07) is 0. The highest BCUT2D eigenvalue weighted by Crippen LogP contribution is 2.11. The van der Waals surface area contributed by atoms with Gasteiger partial charge >= 0.3 is 0 Å². The molecule has 2 aromatic rings. The van der Waals surface area contributed by atoms with Crippen LogP contribution in [0.1, 0.15) is 22.6 Å². The smallest absolute Gasteiger partial charge is 0.191 e. The number of aryl methyl sites for hydroxylation is 3. The zero-order chi connectivity index (χ0) is 14.5. The summed E-state index contributed by atoms with van der Waals surface area (Å²) in [6.45, 7) is 5.14. The van der Waals surface area contributed by atoms with Crippen LogP contribution in [-0.2, 0) is 20.1 Å². The number of rotatable bonds is 4. The van der Waals surface area contributed by atoms with Crippen molar-refractivity contribution in [3.05, 3.63) is 35.0 Å². The molecular weight excluding hydrogens is 256 g/mol. The first-order chi connectivity index (χ1) is 9.60. The Labute approximate surface area is 118 Å². The Morgan fingerprint density at radius 2 is 2.10 bits per heavy atom. The molecule has 2 N–H and O–H groups in total. The van der Waals surface area contributed by atoms with Crippen molar-refractivity contribution in [1.82, 2.24) is 25.6 Å². The number of aliphatic imine (C=N–C) groups is 1. The first kappa shape index (κ1) is 14.1. The van der Waals surface area contributed by atoms with E-state index in [1.807, 2.05) is 33.3 Å². The molecule has 0 aliphatic rings. The molecule has 0 aliphatic heterocycles. The third-order valence-electron chi connectivity index (χ3n) is 3.06. The average molecular weight is 276 g/mol. The maximum Gasteiger partial charge on any atom is 0.191 e. The van der Waals surface area contributed by atoms with Crippen LogP contribution in [0.25, 0.3) is 0 Å². The Hall–Kier alpha value is -2.31. The van der Waals surface area contributed by atoms with Crippen molar-refractivity contribution in [2.45, 2.75) is 26.9 Å². The van der Waals surface area contributed by atoms with Crippen LogP contribution >= 0.6 is 0 Å². The summed E-state index contributed by atoms with van der Waals surface area (Å²) in [5.41, 5.74) is 3.07. The van der Waals surface area contributed by atoms with Gasteiger partial charge < -0.3 is 15.2 Å². The third kappa shape index (κ3) is 3.37. The minimum Gasteiger partial charge on any atom is -0.361 e. The molecule has 0 bridgehead atoms. The highest BCUT2D eigenvalue weighted by atomic mass is 16.5.